The van der Waals surface area contributed by atoms with Gasteiger partial charge >= 0.3 is 0 Å². The Kier molecular flexibility index (Phi) is 2.82. The monoisotopic (exact) mass is 220 g/mol. The predicted octanol–water partition coefficient (Wildman–Crippen LogP) is 2.71. The van der Waals surface area contributed by atoms with E-state index in [0.717, 1.165) is 5.56 Å². The smallest absolute Gasteiger partial charge is 0.163 e. The average Bonchev–Trinajstić information content (AvgIpc) is 2.59. The molecule has 3 heteroatoms. The van der Waals surface area contributed by atoms with E-state index in [1.165, 1.54) is 0 Å². The number of hydrogen-bond acceptors (Lipinski definition) is 3. The van der Waals surface area contributed by atoms with Crippen molar-refractivity contribution in [1.82, 2.24) is 0 Å². The first-order valence-electron chi connectivity index (χ1n) is 5.41. The predicted molar refractivity (Wildman–Crippen MR) is 60.3 cm³/mol. The highest BCUT2D eigenvalue weighted by Crippen LogP contribution is 2.32. The lowest BCUT2D eigenvalue weighted by Gasteiger charge is -2.17. The highest BCUT2D eigenvalue weighted by atomic mass is 16.7. The van der Waals surface area contributed by atoms with Crippen LogP contribution in [0.5, 0.6) is 0 Å². The first kappa shape index (κ1) is 11.3. The van der Waals surface area contributed by atoms with Crippen LogP contribution in [-0.2, 0) is 9.47 Å². The van der Waals surface area contributed by atoms with Crippen molar-refractivity contribution in [2.75, 3.05) is 6.61 Å². The van der Waals surface area contributed by atoms with Gasteiger partial charge in [-0.2, -0.15) is 0 Å². The molecule has 1 aromatic carbocycles. The second-order valence-electron chi connectivity index (χ2n) is 4.50. The number of hydrogen-bond donors (Lipinski definition) is 0. The van der Waals surface area contributed by atoms with Crippen molar-refractivity contribution in [3.05, 3.63) is 35.4 Å². The summed E-state index contributed by atoms with van der Waals surface area (Å²) in [7, 11) is 0. The molecular weight excluding hydrogens is 204 g/mol. The molecular formula is C13H16O3. The van der Waals surface area contributed by atoms with Crippen LogP contribution in [0.2, 0.25) is 0 Å². The fraction of sp³-hybridized carbons (Fsp3) is 0.462. The van der Waals surface area contributed by atoms with E-state index >= 15 is 0 Å². The van der Waals surface area contributed by atoms with Crippen molar-refractivity contribution in [3.63, 3.8) is 0 Å². The van der Waals surface area contributed by atoms with Crippen LogP contribution in [0.3, 0.4) is 0 Å². The summed E-state index contributed by atoms with van der Waals surface area (Å²) >= 11 is 0. The van der Waals surface area contributed by atoms with Crippen molar-refractivity contribution in [1.29, 1.82) is 0 Å². The molecule has 3 nitrogen and oxygen atoms in total. The lowest BCUT2D eigenvalue weighted by molar-refractivity contribution is -0.139. The maximum atomic E-state index is 11.3. The standard InChI is InChI=1S/C13H16O3/c1-9(14)10-5-4-6-11(7-10)12-8-15-13(2,3)16-12/h4-7,12H,8H2,1-3H3. The van der Waals surface area contributed by atoms with E-state index in [1.54, 1.807) is 6.92 Å². The normalized spacial score (nSPS) is 23.3. The van der Waals surface area contributed by atoms with Gasteiger partial charge in [0.25, 0.3) is 0 Å². The number of Topliss-reactive ketones (excluding diaryl/α,β-unsaturated/α-hetero) is 1. The van der Waals surface area contributed by atoms with Gasteiger partial charge in [-0.1, -0.05) is 18.2 Å². The molecule has 1 aromatic rings. The Balaban J connectivity index is 2.22. The van der Waals surface area contributed by atoms with E-state index in [4.69, 9.17) is 9.47 Å². The number of ether oxygens (including phenoxy) is 2. The molecule has 1 heterocycles. The summed E-state index contributed by atoms with van der Waals surface area (Å²) in [6.45, 7) is 5.88. The van der Waals surface area contributed by atoms with Gasteiger partial charge in [0.15, 0.2) is 11.6 Å². The maximum Gasteiger partial charge on any atom is 0.163 e. The topological polar surface area (TPSA) is 35.5 Å². The molecule has 0 radical (unpaired) electrons. The van der Waals surface area contributed by atoms with Crippen LogP contribution in [0.4, 0.5) is 0 Å². The molecule has 0 spiro atoms. The van der Waals surface area contributed by atoms with Crippen LogP contribution in [0.15, 0.2) is 24.3 Å². The second kappa shape index (κ2) is 4.00. The number of ketones is 1. The summed E-state index contributed by atoms with van der Waals surface area (Å²) in [6, 6.07) is 7.52. The summed E-state index contributed by atoms with van der Waals surface area (Å²) in [5, 5.41) is 0. The molecule has 0 N–H and O–H groups in total. The van der Waals surface area contributed by atoms with Crippen molar-refractivity contribution in [2.45, 2.75) is 32.7 Å². The summed E-state index contributed by atoms with van der Waals surface area (Å²) in [5.74, 6) is -0.461. The Labute approximate surface area is 95.4 Å². The molecule has 0 aromatic heterocycles. The van der Waals surface area contributed by atoms with Gasteiger partial charge < -0.3 is 9.47 Å². The second-order valence-corrected chi connectivity index (χ2v) is 4.50. The van der Waals surface area contributed by atoms with E-state index in [2.05, 4.69) is 0 Å². The Hall–Kier alpha value is -1.19. The van der Waals surface area contributed by atoms with Gasteiger partial charge in [0.05, 0.1) is 6.61 Å². The SMILES string of the molecule is CC(=O)c1cccc(C2COC(C)(C)O2)c1. The fourth-order valence-corrected chi connectivity index (χ4v) is 1.81. The first-order chi connectivity index (χ1) is 7.48. The van der Waals surface area contributed by atoms with E-state index in [9.17, 15) is 4.79 Å². The van der Waals surface area contributed by atoms with Crippen LogP contribution >= 0.6 is 0 Å². The Morgan fingerprint density at radius 2 is 2.19 bits per heavy atom. The van der Waals surface area contributed by atoms with Crippen molar-refractivity contribution in [3.8, 4) is 0 Å². The minimum absolute atomic E-state index is 0.0695. The number of carbonyl (C=O) groups is 1. The Bertz CT molecular complexity index is 409. The molecule has 0 amide bonds. The summed E-state index contributed by atoms with van der Waals surface area (Å²) < 4.78 is 11.2. The zero-order valence-electron chi connectivity index (χ0n) is 9.82. The molecule has 1 fully saturated rings. The lowest BCUT2D eigenvalue weighted by atomic mass is 10.0. The highest BCUT2D eigenvalue weighted by molar-refractivity contribution is 5.94. The largest absolute Gasteiger partial charge is 0.347 e. The molecule has 0 saturated carbocycles. The van der Waals surface area contributed by atoms with E-state index in [0.29, 0.717) is 12.2 Å². The van der Waals surface area contributed by atoms with Crippen molar-refractivity contribution >= 4 is 5.78 Å². The number of rotatable bonds is 2. The molecule has 1 aliphatic heterocycles. The van der Waals surface area contributed by atoms with Crippen LogP contribution in [0.25, 0.3) is 0 Å². The highest BCUT2D eigenvalue weighted by Gasteiger charge is 2.33. The Morgan fingerprint density at radius 1 is 1.44 bits per heavy atom. The third-order valence-electron chi connectivity index (χ3n) is 2.67. The molecule has 86 valence electrons. The summed E-state index contributed by atoms with van der Waals surface area (Å²) in [6.07, 6.45) is -0.0747. The quantitative estimate of drug-likeness (QED) is 0.719. The number of benzene rings is 1. The number of carbonyl (C=O) groups excluding carboxylic acids is 1. The molecule has 16 heavy (non-hydrogen) atoms. The first-order valence-corrected chi connectivity index (χ1v) is 5.41. The summed E-state index contributed by atoms with van der Waals surface area (Å²) in [5.41, 5.74) is 1.71. The lowest BCUT2D eigenvalue weighted by Crippen LogP contribution is -2.19. The van der Waals surface area contributed by atoms with Gasteiger partial charge in [0.2, 0.25) is 0 Å². The minimum Gasteiger partial charge on any atom is -0.347 e. The van der Waals surface area contributed by atoms with Crippen molar-refractivity contribution in [2.24, 2.45) is 0 Å². The van der Waals surface area contributed by atoms with Crippen LogP contribution in [0, 0.1) is 0 Å². The van der Waals surface area contributed by atoms with Gasteiger partial charge in [0.1, 0.15) is 6.10 Å². The third-order valence-corrected chi connectivity index (χ3v) is 2.67. The minimum atomic E-state index is -0.531. The van der Waals surface area contributed by atoms with E-state index in [1.807, 2.05) is 38.1 Å². The van der Waals surface area contributed by atoms with Gasteiger partial charge in [-0.25, -0.2) is 0 Å². The van der Waals surface area contributed by atoms with Crippen molar-refractivity contribution < 1.29 is 14.3 Å². The van der Waals surface area contributed by atoms with Crippen LogP contribution < -0.4 is 0 Å². The van der Waals surface area contributed by atoms with Crippen LogP contribution in [-0.4, -0.2) is 18.2 Å². The molecule has 1 saturated heterocycles. The summed E-state index contributed by atoms with van der Waals surface area (Å²) in [4.78, 5) is 11.3. The van der Waals surface area contributed by atoms with E-state index < -0.39 is 5.79 Å². The molecule has 1 atom stereocenters. The van der Waals surface area contributed by atoms with Crippen LogP contribution in [0.1, 0.15) is 42.8 Å². The third kappa shape index (κ3) is 2.31. The van der Waals surface area contributed by atoms with E-state index in [-0.39, 0.29) is 11.9 Å². The van der Waals surface area contributed by atoms with Gasteiger partial charge in [-0.3, -0.25) is 4.79 Å². The van der Waals surface area contributed by atoms with Gasteiger partial charge in [0, 0.05) is 5.56 Å². The molecule has 2 rings (SSSR count). The van der Waals surface area contributed by atoms with Gasteiger partial charge in [-0.15, -0.1) is 0 Å². The molecule has 0 bridgehead atoms. The van der Waals surface area contributed by atoms with Gasteiger partial charge in [-0.05, 0) is 32.4 Å². The molecule has 1 unspecified atom stereocenters. The molecule has 1 aliphatic rings. The maximum absolute atomic E-state index is 11.3. The zero-order valence-corrected chi connectivity index (χ0v) is 9.82. The average molecular weight is 220 g/mol. The Morgan fingerprint density at radius 3 is 2.75 bits per heavy atom. The zero-order chi connectivity index (χ0) is 11.8. The fourth-order valence-electron chi connectivity index (χ4n) is 1.81. The molecule has 0 aliphatic carbocycles.